The number of carbonyl (C=O) groups excluding carboxylic acids is 1. The molecule has 2 aliphatic rings. The van der Waals surface area contributed by atoms with E-state index >= 15 is 0 Å². The van der Waals surface area contributed by atoms with Crippen molar-refractivity contribution in [1.29, 1.82) is 0 Å². The van der Waals surface area contributed by atoms with Crippen LogP contribution >= 0.6 is 0 Å². The fourth-order valence-electron chi connectivity index (χ4n) is 4.20. The molecule has 4 nitrogen and oxygen atoms in total. The third kappa shape index (κ3) is 4.87. The van der Waals surface area contributed by atoms with E-state index < -0.39 is 0 Å². The Kier molecular flexibility index (Phi) is 5.87. The standard InChI is InChI=1S/C20H29FN2O2/c1-16-14-22(2)15-20(25-16)9-12-23(13-10-20)11-3-4-19(24)17-5-7-18(21)8-6-17/h5-8,16H,3-4,9-15H2,1-2H3. The van der Waals surface area contributed by atoms with Crippen LogP contribution in [0.4, 0.5) is 4.39 Å². The Bertz CT molecular complexity index is 570. The molecule has 0 aromatic heterocycles. The molecule has 2 fully saturated rings. The van der Waals surface area contributed by atoms with E-state index in [1.165, 1.54) is 12.1 Å². The Labute approximate surface area is 149 Å². The number of ketones is 1. The Morgan fingerprint density at radius 3 is 2.60 bits per heavy atom. The number of likely N-dealkylation sites (tertiary alicyclic amines) is 1. The van der Waals surface area contributed by atoms with Crippen molar-refractivity contribution in [2.45, 2.75) is 44.3 Å². The number of benzene rings is 1. The summed E-state index contributed by atoms with van der Waals surface area (Å²) < 4.78 is 19.2. The molecule has 0 N–H and O–H groups in total. The Balaban J connectivity index is 1.41. The fourth-order valence-corrected chi connectivity index (χ4v) is 4.20. The molecule has 2 heterocycles. The van der Waals surface area contributed by atoms with Gasteiger partial charge in [0.25, 0.3) is 0 Å². The average Bonchev–Trinajstić information content (AvgIpc) is 2.56. The lowest BCUT2D eigenvalue weighted by molar-refractivity contribution is -0.165. The molecule has 2 aliphatic heterocycles. The van der Waals surface area contributed by atoms with Crippen molar-refractivity contribution in [3.8, 4) is 0 Å². The second-order valence-electron chi connectivity index (χ2n) is 7.68. The molecule has 0 bridgehead atoms. The zero-order valence-electron chi connectivity index (χ0n) is 15.3. The fraction of sp³-hybridized carbons (Fsp3) is 0.650. The quantitative estimate of drug-likeness (QED) is 0.766. The van der Waals surface area contributed by atoms with Crippen molar-refractivity contribution < 1.29 is 13.9 Å². The molecule has 2 saturated heterocycles. The highest BCUT2D eigenvalue weighted by Gasteiger charge is 2.40. The summed E-state index contributed by atoms with van der Waals surface area (Å²) in [5.74, 6) is -0.205. The first-order valence-corrected chi connectivity index (χ1v) is 9.33. The molecule has 25 heavy (non-hydrogen) atoms. The van der Waals surface area contributed by atoms with Crippen LogP contribution in [-0.4, -0.2) is 67.1 Å². The smallest absolute Gasteiger partial charge is 0.162 e. The molecular weight excluding hydrogens is 319 g/mol. The normalized spacial score (nSPS) is 24.5. The summed E-state index contributed by atoms with van der Waals surface area (Å²) in [7, 11) is 2.17. The molecule has 0 saturated carbocycles. The van der Waals surface area contributed by atoms with E-state index in [2.05, 4.69) is 23.8 Å². The van der Waals surface area contributed by atoms with E-state index in [4.69, 9.17) is 4.74 Å². The molecule has 1 atom stereocenters. The van der Waals surface area contributed by atoms with E-state index in [0.717, 1.165) is 52.0 Å². The first-order valence-electron chi connectivity index (χ1n) is 9.33. The van der Waals surface area contributed by atoms with Gasteiger partial charge in [-0.05, 0) is 64.0 Å². The molecule has 1 aromatic carbocycles. The van der Waals surface area contributed by atoms with Gasteiger partial charge in [0.15, 0.2) is 5.78 Å². The highest BCUT2D eigenvalue weighted by molar-refractivity contribution is 5.95. The zero-order chi connectivity index (χ0) is 17.9. The van der Waals surface area contributed by atoms with Gasteiger partial charge < -0.3 is 14.5 Å². The minimum atomic E-state index is -0.302. The summed E-state index contributed by atoms with van der Waals surface area (Å²) in [6.07, 6.45) is 3.80. The second kappa shape index (κ2) is 7.94. The van der Waals surface area contributed by atoms with Crippen molar-refractivity contribution in [3.05, 3.63) is 35.6 Å². The number of hydrogen-bond acceptors (Lipinski definition) is 4. The van der Waals surface area contributed by atoms with Crippen LogP contribution in [0.3, 0.4) is 0 Å². The minimum Gasteiger partial charge on any atom is -0.369 e. The molecule has 3 rings (SSSR count). The largest absolute Gasteiger partial charge is 0.369 e. The number of likely N-dealkylation sites (N-methyl/N-ethyl adjacent to an activating group) is 1. The Hall–Kier alpha value is -1.30. The van der Waals surface area contributed by atoms with Crippen LogP contribution < -0.4 is 0 Å². The van der Waals surface area contributed by atoms with Crippen LogP contribution in [0.5, 0.6) is 0 Å². The average molecular weight is 348 g/mol. The van der Waals surface area contributed by atoms with Crippen LogP contribution in [0.1, 0.15) is 43.0 Å². The maximum atomic E-state index is 12.9. The van der Waals surface area contributed by atoms with Crippen molar-refractivity contribution in [2.75, 3.05) is 39.8 Å². The lowest BCUT2D eigenvalue weighted by atomic mass is 9.88. The van der Waals surface area contributed by atoms with Gasteiger partial charge in [-0.1, -0.05) is 0 Å². The number of Topliss-reactive ketones (excluding diaryl/α,β-unsaturated/α-hetero) is 1. The van der Waals surface area contributed by atoms with Gasteiger partial charge in [0, 0.05) is 38.2 Å². The van der Waals surface area contributed by atoms with Gasteiger partial charge in [0.05, 0.1) is 11.7 Å². The van der Waals surface area contributed by atoms with Crippen LogP contribution in [0, 0.1) is 5.82 Å². The number of ether oxygens (including phenoxy) is 1. The summed E-state index contributed by atoms with van der Waals surface area (Å²) in [6.45, 7) is 7.20. The van der Waals surface area contributed by atoms with E-state index in [1.807, 2.05) is 0 Å². The maximum absolute atomic E-state index is 12.9. The van der Waals surface area contributed by atoms with Gasteiger partial charge in [0.1, 0.15) is 5.82 Å². The third-order valence-corrected chi connectivity index (χ3v) is 5.39. The molecule has 1 unspecified atom stereocenters. The molecule has 5 heteroatoms. The van der Waals surface area contributed by atoms with Crippen LogP contribution in [-0.2, 0) is 4.74 Å². The predicted molar refractivity (Wildman–Crippen MR) is 96.4 cm³/mol. The first-order chi connectivity index (χ1) is 12.0. The Morgan fingerprint density at radius 1 is 1.28 bits per heavy atom. The third-order valence-electron chi connectivity index (χ3n) is 5.39. The second-order valence-corrected chi connectivity index (χ2v) is 7.68. The summed E-state index contributed by atoms with van der Waals surface area (Å²) >= 11 is 0. The summed E-state index contributed by atoms with van der Waals surface area (Å²) in [6, 6.07) is 5.83. The summed E-state index contributed by atoms with van der Waals surface area (Å²) in [5, 5.41) is 0. The van der Waals surface area contributed by atoms with Crippen LogP contribution in [0.2, 0.25) is 0 Å². The number of nitrogens with zero attached hydrogens (tertiary/aromatic N) is 2. The van der Waals surface area contributed by atoms with Crippen molar-refractivity contribution in [2.24, 2.45) is 0 Å². The molecule has 1 aromatic rings. The highest BCUT2D eigenvalue weighted by Crippen LogP contribution is 2.31. The number of morpholine rings is 1. The number of rotatable bonds is 5. The first kappa shape index (κ1) is 18.5. The molecule has 1 spiro atoms. The molecular formula is C20H29FN2O2. The molecule has 0 radical (unpaired) electrons. The molecule has 0 aliphatic carbocycles. The number of carbonyl (C=O) groups is 1. The highest BCUT2D eigenvalue weighted by atomic mass is 19.1. The topological polar surface area (TPSA) is 32.8 Å². The maximum Gasteiger partial charge on any atom is 0.162 e. The van der Waals surface area contributed by atoms with Gasteiger partial charge in [-0.25, -0.2) is 4.39 Å². The van der Waals surface area contributed by atoms with Gasteiger partial charge in [0.2, 0.25) is 0 Å². The minimum absolute atomic E-state index is 0.0207. The number of hydrogen-bond donors (Lipinski definition) is 0. The van der Waals surface area contributed by atoms with Gasteiger partial charge in [-0.15, -0.1) is 0 Å². The molecule has 0 amide bonds. The predicted octanol–water partition coefficient (Wildman–Crippen LogP) is 2.97. The lowest BCUT2D eigenvalue weighted by Crippen LogP contribution is -2.58. The van der Waals surface area contributed by atoms with Crippen molar-refractivity contribution >= 4 is 5.78 Å². The van der Waals surface area contributed by atoms with Crippen LogP contribution in [0.25, 0.3) is 0 Å². The number of piperidine rings is 1. The number of halogens is 1. The van der Waals surface area contributed by atoms with E-state index in [9.17, 15) is 9.18 Å². The van der Waals surface area contributed by atoms with E-state index in [0.29, 0.717) is 18.1 Å². The van der Waals surface area contributed by atoms with Gasteiger partial charge >= 0.3 is 0 Å². The van der Waals surface area contributed by atoms with Gasteiger partial charge in [-0.3, -0.25) is 4.79 Å². The van der Waals surface area contributed by atoms with E-state index in [-0.39, 0.29) is 17.2 Å². The van der Waals surface area contributed by atoms with Crippen molar-refractivity contribution in [1.82, 2.24) is 9.80 Å². The monoisotopic (exact) mass is 348 g/mol. The lowest BCUT2D eigenvalue weighted by Gasteiger charge is -2.48. The van der Waals surface area contributed by atoms with Crippen molar-refractivity contribution in [3.63, 3.8) is 0 Å². The van der Waals surface area contributed by atoms with Crippen LogP contribution in [0.15, 0.2) is 24.3 Å². The zero-order valence-corrected chi connectivity index (χ0v) is 15.3. The Morgan fingerprint density at radius 2 is 1.96 bits per heavy atom. The van der Waals surface area contributed by atoms with E-state index in [1.54, 1.807) is 12.1 Å². The summed E-state index contributed by atoms with van der Waals surface area (Å²) in [5.41, 5.74) is 0.624. The van der Waals surface area contributed by atoms with Gasteiger partial charge in [-0.2, -0.15) is 0 Å². The molecule has 138 valence electrons. The SMILES string of the molecule is CC1CN(C)CC2(CCN(CCCC(=O)c3ccc(F)cc3)CC2)O1. The summed E-state index contributed by atoms with van der Waals surface area (Å²) in [4.78, 5) is 17.0.